The van der Waals surface area contributed by atoms with Crippen LogP contribution in [0.3, 0.4) is 0 Å². The number of para-hydroxylation sites is 1. The zero-order valence-corrected chi connectivity index (χ0v) is 22.5. The summed E-state index contributed by atoms with van der Waals surface area (Å²) in [7, 11) is 2.14. The Morgan fingerprint density at radius 2 is 1.41 bits per heavy atom. The van der Waals surface area contributed by atoms with Crippen molar-refractivity contribution >= 4 is 24.3 Å². The number of ether oxygens (including phenoxy) is 3. The third-order valence-electron chi connectivity index (χ3n) is 6.06. The van der Waals surface area contributed by atoms with Gasteiger partial charge in [-0.15, -0.1) is 0 Å². The molecule has 0 fully saturated rings. The Bertz CT molecular complexity index is 1490. The molecule has 0 radical (unpaired) electrons. The van der Waals surface area contributed by atoms with Crippen molar-refractivity contribution in [3.63, 3.8) is 0 Å². The summed E-state index contributed by atoms with van der Waals surface area (Å²) < 4.78 is 16.4. The number of ketones is 1. The van der Waals surface area contributed by atoms with Crippen molar-refractivity contribution < 1.29 is 19.0 Å². The predicted molar refractivity (Wildman–Crippen MR) is 155 cm³/mol. The van der Waals surface area contributed by atoms with Crippen LogP contribution in [0, 0.1) is 0 Å². The lowest BCUT2D eigenvalue weighted by atomic mass is 10.0. The number of hydrogen-bond donors (Lipinski definition) is 0. The molecule has 0 atom stereocenters. The molecule has 1 heterocycles. The number of aromatic nitrogens is 2. The molecule has 0 saturated heterocycles. The van der Waals surface area contributed by atoms with Crippen LogP contribution in [-0.4, -0.2) is 30.0 Å². The van der Waals surface area contributed by atoms with E-state index < -0.39 is 7.92 Å². The molecular weight excluding hydrogens is 507 g/mol. The number of hydrogen-bond acceptors (Lipinski definition) is 6. The zero-order valence-electron chi connectivity index (χ0n) is 21.7. The van der Waals surface area contributed by atoms with Crippen LogP contribution in [0.25, 0.3) is 0 Å². The van der Waals surface area contributed by atoms with Crippen LogP contribution < -0.4 is 24.8 Å². The smallest absolute Gasteiger partial charge is 0.328 e. The Kier molecular flexibility index (Phi) is 8.25. The lowest BCUT2D eigenvalue weighted by Crippen LogP contribution is -2.15. The molecule has 7 heteroatoms. The zero-order chi connectivity index (χ0) is 27.0. The number of carbonyl (C=O) groups is 1. The highest BCUT2D eigenvalue weighted by Gasteiger charge is 2.23. The van der Waals surface area contributed by atoms with Crippen LogP contribution in [-0.2, 0) is 0 Å². The fraction of sp³-hybridized carbons (Fsp3) is 0.0938. The van der Waals surface area contributed by atoms with Gasteiger partial charge < -0.3 is 14.2 Å². The molecule has 6 nitrogen and oxygen atoms in total. The van der Waals surface area contributed by atoms with Gasteiger partial charge >= 0.3 is 6.01 Å². The molecule has 1 aliphatic rings. The van der Waals surface area contributed by atoms with E-state index in [2.05, 4.69) is 76.7 Å². The van der Waals surface area contributed by atoms with Crippen LogP contribution in [0.1, 0.15) is 16.8 Å². The summed E-state index contributed by atoms with van der Waals surface area (Å²) in [4.78, 5) is 22.2. The molecular formula is C32H27N2O4P. The third kappa shape index (κ3) is 6.14. The van der Waals surface area contributed by atoms with Gasteiger partial charge in [0.1, 0.15) is 5.75 Å². The minimum atomic E-state index is -0.856. The summed E-state index contributed by atoms with van der Waals surface area (Å²) in [6.45, 7) is 0. The van der Waals surface area contributed by atoms with E-state index in [0.717, 1.165) is 10.9 Å². The van der Waals surface area contributed by atoms with Gasteiger partial charge in [0.25, 0.3) is 0 Å². The van der Waals surface area contributed by atoms with Gasteiger partial charge in [-0.25, -0.2) is 0 Å². The molecule has 1 aromatic heterocycles. The molecule has 0 saturated carbocycles. The quantitative estimate of drug-likeness (QED) is 0.141. The van der Waals surface area contributed by atoms with E-state index in [1.165, 1.54) is 24.8 Å². The highest BCUT2D eigenvalue weighted by Crippen LogP contribution is 2.48. The summed E-state index contributed by atoms with van der Waals surface area (Å²) >= 11 is 0. The van der Waals surface area contributed by atoms with Crippen molar-refractivity contribution in [1.82, 2.24) is 9.97 Å². The maximum Gasteiger partial charge on any atom is 0.328 e. The Balaban J connectivity index is 1.50. The van der Waals surface area contributed by atoms with Crippen molar-refractivity contribution in [2.45, 2.75) is 6.42 Å². The average Bonchev–Trinajstić information content (AvgIpc) is 2.99. The molecule has 1 aliphatic carbocycles. The van der Waals surface area contributed by atoms with Crippen molar-refractivity contribution in [2.24, 2.45) is 0 Å². The minimum absolute atomic E-state index is 0.0250. The summed E-state index contributed by atoms with van der Waals surface area (Å²) in [5.74, 6) is 0.774. The standard InChI is InChI=1S/C32H27N2O4P/c1-36-30-22-31(37-2)34-32(33-30)38-28-19-11-10-18-26(28)27(35)21-23-13-9-12-20-29(23)39(24-14-5-3-6-15-24)25-16-7-4-8-17-25/h3-12,14-22H,13H2,1-2H3. The Morgan fingerprint density at radius 1 is 0.821 bits per heavy atom. The van der Waals surface area contributed by atoms with E-state index in [0.29, 0.717) is 29.5 Å². The molecule has 0 N–H and O–H groups in total. The van der Waals surface area contributed by atoms with Crippen LogP contribution in [0.15, 0.2) is 126 Å². The summed E-state index contributed by atoms with van der Waals surface area (Å²) in [5, 5.41) is 3.61. The van der Waals surface area contributed by atoms with Gasteiger partial charge in [0.2, 0.25) is 11.8 Å². The fourth-order valence-corrected chi connectivity index (χ4v) is 6.70. The van der Waals surface area contributed by atoms with Gasteiger partial charge in [0, 0.05) is 0 Å². The number of benzene rings is 3. The first kappa shape index (κ1) is 26.1. The van der Waals surface area contributed by atoms with Gasteiger partial charge in [-0.3, -0.25) is 4.79 Å². The van der Waals surface area contributed by atoms with Gasteiger partial charge in [-0.1, -0.05) is 91.0 Å². The maximum atomic E-state index is 13.7. The molecule has 5 rings (SSSR count). The second-order valence-electron chi connectivity index (χ2n) is 8.56. The number of methoxy groups -OCH3 is 2. The second-order valence-corrected chi connectivity index (χ2v) is 10.7. The van der Waals surface area contributed by atoms with Gasteiger partial charge in [-0.2, -0.15) is 9.97 Å². The third-order valence-corrected chi connectivity index (χ3v) is 8.61. The first-order valence-corrected chi connectivity index (χ1v) is 13.8. The largest absolute Gasteiger partial charge is 0.481 e. The average molecular weight is 535 g/mol. The first-order valence-electron chi connectivity index (χ1n) is 12.4. The van der Waals surface area contributed by atoms with E-state index in [1.54, 1.807) is 30.3 Å². The van der Waals surface area contributed by atoms with Crippen molar-refractivity contribution in [3.05, 3.63) is 132 Å². The van der Waals surface area contributed by atoms with Crippen LogP contribution in [0.4, 0.5) is 0 Å². The Morgan fingerprint density at radius 3 is 2.03 bits per heavy atom. The summed E-state index contributed by atoms with van der Waals surface area (Å²) in [6.07, 6.45) is 8.67. The van der Waals surface area contributed by atoms with Gasteiger partial charge in [0.15, 0.2) is 5.78 Å². The number of nitrogens with zero attached hydrogens (tertiary/aromatic N) is 2. The van der Waals surface area contributed by atoms with Gasteiger partial charge in [0.05, 0.1) is 25.8 Å². The van der Waals surface area contributed by atoms with Crippen molar-refractivity contribution in [1.29, 1.82) is 0 Å². The monoisotopic (exact) mass is 534 g/mol. The molecule has 4 aromatic rings. The van der Waals surface area contributed by atoms with E-state index in [1.807, 2.05) is 18.2 Å². The molecule has 39 heavy (non-hydrogen) atoms. The molecule has 0 aliphatic heterocycles. The lowest BCUT2D eigenvalue weighted by molar-refractivity contribution is 0.104. The second kappa shape index (κ2) is 12.3. The number of carbonyl (C=O) groups excluding carboxylic acids is 1. The van der Waals surface area contributed by atoms with E-state index in [4.69, 9.17) is 14.2 Å². The fourth-order valence-electron chi connectivity index (χ4n) is 4.23. The highest BCUT2D eigenvalue weighted by molar-refractivity contribution is 7.77. The minimum Gasteiger partial charge on any atom is -0.481 e. The van der Waals surface area contributed by atoms with Crippen LogP contribution in [0.5, 0.6) is 23.5 Å². The number of allylic oxidation sites excluding steroid dienone is 6. The summed E-state index contributed by atoms with van der Waals surface area (Å²) in [6, 6.07) is 29.6. The predicted octanol–water partition coefficient (Wildman–Crippen LogP) is 6.37. The number of rotatable bonds is 9. The van der Waals surface area contributed by atoms with E-state index in [-0.39, 0.29) is 11.8 Å². The molecule has 3 aromatic carbocycles. The molecule has 0 unspecified atom stereocenters. The summed E-state index contributed by atoms with van der Waals surface area (Å²) in [5.41, 5.74) is 1.39. The Labute approximate surface area is 229 Å². The van der Waals surface area contributed by atoms with Crippen LogP contribution >= 0.6 is 7.92 Å². The first-order chi connectivity index (χ1) is 19.2. The van der Waals surface area contributed by atoms with E-state index in [9.17, 15) is 4.79 Å². The molecule has 0 bridgehead atoms. The van der Waals surface area contributed by atoms with Gasteiger partial charge in [-0.05, 0) is 54.0 Å². The molecule has 0 amide bonds. The topological polar surface area (TPSA) is 70.5 Å². The van der Waals surface area contributed by atoms with Crippen molar-refractivity contribution in [2.75, 3.05) is 14.2 Å². The van der Waals surface area contributed by atoms with Crippen LogP contribution in [0.2, 0.25) is 0 Å². The SMILES string of the molecule is COc1cc(OC)nc(Oc2ccccc2C(=O)C=C2CC=CC=C2P(c2ccccc2)c2ccccc2)n1. The highest BCUT2D eigenvalue weighted by atomic mass is 31.1. The molecule has 0 spiro atoms. The molecule has 194 valence electrons. The van der Waals surface area contributed by atoms with E-state index >= 15 is 0 Å². The Hall–Kier alpha value is -4.54. The maximum absolute atomic E-state index is 13.7. The van der Waals surface area contributed by atoms with Crippen molar-refractivity contribution in [3.8, 4) is 23.5 Å². The normalized spacial score (nSPS) is 13.7. The lowest BCUT2D eigenvalue weighted by Gasteiger charge is -2.25.